The minimum Gasteiger partial charge on any atom is -0.493 e. The highest BCUT2D eigenvalue weighted by Gasteiger charge is 2.48. The molecule has 1 atom stereocenters. The van der Waals surface area contributed by atoms with Crippen LogP contribution in [0.15, 0.2) is 55.4 Å². The summed E-state index contributed by atoms with van der Waals surface area (Å²) in [5, 5.41) is 7.41. The Morgan fingerprint density at radius 2 is 1.84 bits per heavy atom. The van der Waals surface area contributed by atoms with E-state index in [1.807, 2.05) is 42.6 Å². The van der Waals surface area contributed by atoms with Crippen molar-refractivity contribution >= 4 is 51.6 Å². The molecule has 5 aromatic rings. The van der Waals surface area contributed by atoms with E-state index < -0.39 is 18.6 Å². The van der Waals surface area contributed by atoms with E-state index in [0.717, 1.165) is 5.56 Å². The number of nitrogens with one attached hydrogen (secondary N) is 1. The Morgan fingerprint density at radius 1 is 1.02 bits per heavy atom. The number of likely N-dealkylation sites (tertiary alicyclic amines) is 1. The van der Waals surface area contributed by atoms with E-state index in [9.17, 15) is 0 Å². The van der Waals surface area contributed by atoms with Crippen molar-refractivity contribution in [3.05, 3.63) is 60.9 Å². The predicted octanol–water partition coefficient (Wildman–Crippen LogP) is 1.52. The van der Waals surface area contributed by atoms with Gasteiger partial charge < -0.3 is 24.4 Å². The SMILES string of the molecule is BC(B)(B)N1CCC(Oc2c(OC)ccc3ncnc(Nc4ccc(Oc5cc6ncnn6cn5)c(C)c4)c23)C(F)(F)C1. The van der Waals surface area contributed by atoms with Crippen LogP contribution in [0.25, 0.3) is 16.6 Å². The fourth-order valence-corrected chi connectivity index (χ4v) is 5.11. The van der Waals surface area contributed by atoms with Crippen LogP contribution in [0.4, 0.5) is 20.3 Å². The zero-order valence-electron chi connectivity index (χ0n) is 24.5. The molecule has 1 fully saturated rings. The van der Waals surface area contributed by atoms with E-state index in [0.29, 0.717) is 52.0 Å². The Labute approximate surface area is 249 Å². The van der Waals surface area contributed by atoms with Crippen molar-refractivity contribution in [1.82, 2.24) is 34.4 Å². The van der Waals surface area contributed by atoms with Crippen LogP contribution in [0, 0.1) is 6.92 Å². The number of ether oxygens (including phenoxy) is 3. The van der Waals surface area contributed by atoms with Crippen molar-refractivity contribution in [3.63, 3.8) is 0 Å². The molecule has 218 valence electrons. The van der Waals surface area contributed by atoms with Crippen molar-refractivity contribution in [2.45, 2.75) is 30.6 Å². The summed E-state index contributed by atoms with van der Waals surface area (Å²) < 4.78 is 50.1. The number of fused-ring (bicyclic) bond motifs is 2. The van der Waals surface area contributed by atoms with Gasteiger partial charge in [-0.05, 0) is 42.8 Å². The third kappa shape index (κ3) is 5.79. The maximum Gasteiger partial charge on any atom is 0.296 e. The molecule has 1 unspecified atom stereocenters. The summed E-state index contributed by atoms with van der Waals surface area (Å²) in [6.45, 7) is 1.98. The Kier molecular flexibility index (Phi) is 7.32. The number of alkyl halides is 2. The molecule has 6 rings (SSSR count). The number of nitrogens with zero attached hydrogens (tertiary/aromatic N) is 7. The van der Waals surface area contributed by atoms with Gasteiger partial charge in [-0.25, -0.2) is 33.2 Å². The van der Waals surface area contributed by atoms with Gasteiger partial charge in [0.2, 0.25) is 5.88 Å². The Morgan fingerprint density at radius 3 is 2.58 bits per heavy atom. The summed E-state index contributed by atoms with van der Waals surface area (Å²) in [5.41, 5.74) is 2.66. The molecule has 2 aromatic carbocycles. The largest absolute Gasteiger partial charge is 0.493 e. The summed E-state index contributed by atoms with van der Waals surface area (Å²) >= 11 is 0. The summed E-state index contributed by atoms with van der Waals surface area (Å²) in [5.74, 6) is -1.22. The molecule has 1 N–H and O–H groups in total. The number of aromatic nitrogens is 6. The smallest absolute Gasteiger partial charge is 0.296 e. The Hall–Kier alpha value is -4.46. The zero-order chi connectivity index (χ0) is 30.4. The fraction of sp³-hybridized carbons (Fsp3) is 0.296. The van der Waals surface area contributed by atoms with Gasteiger partial charge >= 0.3 is 0 Å². The number of hydrogen-bond acceptors (Lipinski definition) is 10. The topological polar surface area (TPSA) is 112 Å². The molecule has 0 amide bonds. The summed E-state index contributed by atoms with van der Waals surface area (Å²) in [6.07, 6.45) is 3.19. The number of benzene rings is 2. The number of piperidine rings is 1. The van der Waals surface area contributed by atoms with E-state index in [1.165, 1.54) is 26.1 Å². The molecule has 11 nitrogen and oxygen atoms in total. The van der Waals surface area contributed by atoms with Crippen LogP contribution in [-0.2, 0) is 0 Å². The van der Waals surface area contributed by atoms with Crippen LogP contribution in [0.2, 0.25) is 0 Å². The van der Waals surface area contributed by atoms with Gasteiger partial charge in [0.25, 0.3) is 5.92 Å². The van der Waals surface area contributed by atoms with Gasteiger partial charge in [0.05, 0.1) is 24.6 Å². The Balaban J connectivity index is 1.29. The van der Waals surface area contributed by atoms with Gasteiger partial charge in [0.1, 0.15) is 54.1 Å². The van der Waals surface area contributed by atoms with Crippen molar-refractivity contribution in [2.75, 3.05) is 25.5 Å². The number of anilines is 2. The molecule has 3 aromatic heterocycles. The van der Waals surface area contributed by atoms with E-state index in [4.69, 9.17) is 14.2 Å². The number of rotatable bonds is 8. The lowest BCUT2D eigenvalue weighted by molar-refractivity contribution is -0.140. The lowest BCUT2D eigenvalue weighted by Gasteiger charge is -2.45. The standard InChI is InChI=1S/C27H29B3F2N8O3/c1-15-9-16(3-5-18(15)42-22-10-21-34-13-37-40(21)14-36-22)38-25-23-17(33-12-35-25)4-6-19(41-2)24(23)43-20-7-8-39(27(28,29)30)11-26(20,31)32/h3-6,9-10,12-14,20H,7-8,11,28-30H2,1-2H3,(H,33,35,38). The monoisotopic (exact) mass is 584 g/mol. The van der Waals surface area contributed by atoms with Crippen molar-refractivity contribution in [3.8, 4) is 23.1 Å². The summed E-state index contributed by atoms with van der Waals surface area (Å²) in [7, 11) is 7.27. The first kappa shape index (κ1) is 28.7. The van der Waals surface area contributed by atoms with Crippen molar-refractivity contribution < 1.29 is 23.0 Å². The molecule has 16 heteroatoms. The average molecular weight is 584 g/mol. The Bertz CT molecular complexity index is 1800. The van der Waals surface area contributed by atoms with Gasteiger partial charge in [-0.1, -0.05) is 5.24 Å². The molecule has 0 radical (unpaired) electrons. The van der Waals surface area contributed by atoms with Crippen LogP contribution in [-0.4, -0.2) is 95.5 Å². The quantitative estimate of drug-likeness (QED) is 0.270. The molecule has 1 aliphatic heterocycles. The minimum absolute atomic E-state index is 0.153. The lowest BCUT2D eigenvalue weighted by Crippen LogP contribution is -2.62. The first-order valence-corrected chi connectivity index (χ1v) is 13.8. The molecule has 1 aliphatic rings. The third-order valence-corrected chi connectivity index (χ3v) is 7.48. The number of aryl methyl sites for hydroxylation is 1. The molecular weight excluding hydrogens is 555 g/mol. The molecule has 4 heterocycles. The van der Waals surface area contributed by atoms with E-state index >= 15 is 8.78 Å². The zero-order valence-corrected chi connectivity index (χ0v) is 24.5. The number of halogens is 2. The maximum atomic E-state index is 15.4. The van der Waals surface area contributed by atoms with E-state index in [1.54, 1.807) is 33.7 Å². The van der Waals surface area contributed by atoms with Crippen LogP contribution < -0.4 is 19.5 Å². The first-order chi connectivity index (χ1) is 20.5. The third-order valence-electron chi connectivity index (χ3n) is 7.48. The number of methoxy groups -OCH3 is 1. The second-order valence-corrected chi connectivity index (χ2v) is 11.5. The molecule has 0 saturated carbocycles. The summed E-state index contributed by atoms with van der Waals surface area (Å²) in [4.78, 5) is 19.0. The molecular formula is C27H29B3F2N8O3. The maximum absolute atomic E-state index is 15.4. The van der Waals surface area contributed by atoms with E-state index in [2.05, 4.69) is 30.4 Å². The second kappa shape index (κ2) is 11.0. The molecule has 0 aliphatic carbocycles. The van der Waals surface area contributed by atoms with Gasteiger partial charge in [0.15, 0.2) is 23.3 Å². The van der Waals surface area contributed by atoms with Crippen molar-refractivity contribution in [2.24, 2.45) is 0 Å². The lowest BCUT2D eigenvalue weighted by atomic mass is 9.48. The summed E-state index contributed by atoms with van der Waals surface area (Å²) in [6, 6.07) is 10.6. The first-order valence-electron chi connectivity index (χ1n) is 13.8. The van der Waals surface area contributed by atoms with Crippen LogP contribution in [0.5, 0.6) is 23.1 Å². The van der Waals surface area contributed by atoms with Gasteiger partial charge in [0, 0.05) is 24.7 Å². The highest BCUT2D eigenvalue weighted by molar-refractivity contribution is 6.59. The normalized spacial score (nSPS) is 17.2. The van der Waals surface area contributed by atoms with Crippen LogP contribution in [0.3, 0.4) is 0 Å². The van der Waals surface area contributed by atoms with E-state index in [-0.39, 0.29) is 17.4 Å². The second-order valence-electron chi connectivity index (χ2n) is 11.5. The fourth-order valence-electron chi connectivity index (χ4n) is 5.11. The molecule has 0 bridgehead atoms. The number of hydrogen-bond donors (Lipinski definition) is 1. The molecule has 43 heavy (non-hydrogen) atoms. The van der Waals surface area contributed by atoms with Gasteiger partial charge in [-0.2, -0.15) is 5.10 Å². The van der Waals surface area contributed by atoms with Crippen LogP contribution >= 0.6 is 0 Å². The van der Waals surface area contributed by atoms with Gasteiger partial charge in [-0.15, -0.1) is 0 Å². The minimum atomic E-state index is -3.08. The highest BCUT2D eigenvalue weighted by Crippen LogP contribution is 2.42. The van der Waals surface area contributed by atoms with Gasteiger partial charge in [-0.3, -0.25) is 0 Å². The molecule has 1 saturated heterocycles. The van der Waals surface area contributed by atoms with Crippen LogP contribution in [0.1, 0.15) is 12.0 Å². The molecule has 0 spiro atoms. The predicted molar refractivity (Wildman–Crippen MR) is 165 cm³/mol. The highest BCUT2D eigenvalue weighted by atomic mass is 19.3. The van der Waals surface area contributed by atoms with Crippen molar-refractivity contribution in [1.29, 1.82) is 0 Å². The average Bonchev–Trinajstić information content (AvgIpc) is 3.43.